The smallest absolute Gasteiger partial charge is 0.251 e. The molecule has 138 valence electrons. The highest BCUT2D eigenvalue weighted by molar-refractivity contribution is 6.02. The van der Waals surface area contributed by atoms with E-state index in [2.05, 4.69) is 10.3 Å². The second-order valence-electron chi connectivity index (χ2n) is 6.75. The lowest BCUT2D eigenvalue weighted by Gasteiger charge is -2.37. The number of likely N-dealkylation sites (tertiary alicyclic amines) is 1. The fourth-order valence-electron chi connectivity index (χ4n) is 3.38. The van der Waals surface area contributed by atoms with Crippen LogP contribution in [0.3, 0.4) is 0 Å². The van der Waals surface area contributed by atoms with E-state index in [0.29, 0.717) is 24.4 Å². The van der Waals surface area contributed by atoms with Crippen LogP contribution in [-0.2, 0) is 9.59 Å². The van der Waals surface area contributed by atoms with Crippen LogP contribution in [0.4, 0.5) is 5.69 Å². The van der Waals surface area contributed by atoms with Gasteiger partial charge in [-0.15, -0.1) is 0 Å². The Kier molecular flexibility index (Phi) is 4.32. The minimum absolute atomic E-state index is 0.0173. The zero-order valence-corrected chi connectivity index (χ0v) is 15.3. The summed E-state index contributed by atoms with van der Waals surface area (Å²) in [5.41, 5.74) is 3.49. The Morgan fingerprint density at radius 3 is 2.63 bits per heavy atom. The van der Waals surface area contributed by atoms with Crippen LogP contribution >= 0.6 is 0 Å². The van der Waals surface area contributed by atoms with E-state index < -0.39 is 6.04 Å². The molecule has 1 atom stereocenters. The summed E-state index contributed by atoms with van der Waals surface area (Å²) in [4.78, 5) is 30.1. The van der Waals surface area contributed by atoms with Gasteiger partial charge in [-0.2, -0.15) is 0 Å². The van der Waals surface area contributed by atoms with Crippen LogP contribution in [0.5, 0.6) is 5.75 Å². The first-order chi connectivity index (χ1) is 13.1. The number of anilines is 1. The van der Waals surface area contributed by atoms with Crippen molar-refractivity contribution in [2.24, 2.45) is 0 Å². The quantitative estimate of drug-likeness (QED) is 0.682. The number of hydrogen-bond donors (Lipinski definition) is 2. The van der Waals surface area contributed by atoms with Gasteiger partial charge < -0.3 is 19.9 Å². The predicted octanol–water partition coefficient (Wildman–Crippen LogP) is 3.40. The third-order valence-electron chi connectivity index (χ3n) is 4.98. The predicted molar refractivity (Wildman–Crippen MR) is 104 cm³/mol. The Balaban J connectivity index is 1.72. The molecule has 0 saturated carbocycles. The van der Waals surface area contributed by atoms with Gasteiger partial charge in [0, 0.05) is 41.3 Å². The van der Waals surface area contributed by atoms with Crippen LogP contribution in [0.25, 0.3) is 10.9 Å². The van der Waals surface area contributed by atoms with Gasteiger partial charge in [-0.1, -0.05) is 17.7 Å². The van der Waals surface area contributed by atoms with Crippen LogP contribution in [0.15, 0.2) is 48.7 Å². The van der Waals surface area contributed by atoms with Crippen LogP contribution < -0.4 is 10.1 Å². The Morgan fingerprint density at radius 1 is 1.22 bits per heavy atom. The molecule has 3 aromatic rings. The number of ether oxygens (including phenoxy) is 1. The highest BCUT2D eigenvalue weighted by Crippen LogP contribution is 2.34. The summed E-state index contributed by atoms with van der Waals surface area (Å²) in [5, 5.41) is 3.82. The number of aromatic nitrogens is 1. The average Bonchev–Trinajstić information content (AvgIpc) is 3.09. The standard InChI is InChI=1S/C21H21N3O3/c1-13-3-5-14(6-4-13)23-21(26)20(24-10-9-19(24)25)17-12-22-18-8-7-15(27-2)11-16(17)18/h3-8,11-12,20,22H,9-10H2,1-2H3,(H,23,26)/t20-/m0/s1. The Labute approximate surface area is 157 Å². The molecule has 2 heterocycles. The Bertz CT molecular complexity index is 1010. The number of carbonyl (C=O) groups is 2. The number of hydrogen-bond acceptors (Lipinski definition) is 3. The minimum atomic E-state index is -0.687. The molecular weight excluding hydrogens is 342 g/mol. The summed E-state index contributed by atoms with van der Waals surface area (Å²) in [6.45, 7) is 2.56. The SMILES string of the molecule is COc1ccc2[nH]cc([C@@H](C(=O)Nc3ccc(C)cc3)N3CCC3=O)c2c1. The van der Waals surface area contributed by atoms with Crippen LogP contribution in [-0.4, -0.2) is 35.4 Å². The number of nitrogens with zero attached hydrogens (tertiary/aromatic N) is 1. The number of H-pyrrole nitrogens is 1. The second-order valence-corrected chi connectivity index (χ2v) is 6.75. The number of rotatable bonds is 5. The third-order valence-corrected chi connectivity index (χ3v) is 4.98. The number of β-lactam (4-membered cyclic amide) rings is 1. The topological polar surface area (TPSA) is 74.4 Å². The number of amides is 2. The van der Waals surface area contributed by atoms with Gasteiger partial charge in [-0.3, -0.25) is 9.59 Å². The summed E-state index contributed by atoms with van der Waals surface area (Å²) in [6, 6.07) is 12.6. The molecule has 0 aliphatic carbocycles. The number of fused-ring (bicyclic) bond motifs is 1. The minimum Gasteiger partial charge on any atom is -0.497 e. The first kappa shape index (κ1) is 17.1. The van der Waals surface area contributed by atoms with Gasteiger partial charge in [0.2, 0.25) is 5.91 Å². The van der Waals surface area contributed by atoms with Crippen LogP contribution in [0, 0.1) is 6.92 Å². The summed E-state index contributed by atoms with van der Waals surface area (Å²) in [6.07, 6.45) is 2.27. The molecule has 1 fully saturated rings. The first-order valence-electron chi connectivity index (χ1n) is 8.89. The number of carbonyl (C=O) groups excluding carboxylic acids is 2. The van der Waals surface area contributed by atoms with Crippen molar-refractivity contribution in [2.45, 2.75) is 19.4 Å². The summed E-state index contributed by atoms with van der Waals surface area (Å²) in [5.74, 6) is 0.461. The lowest BCUT2D eigenvalue weighted by Crippen LogP contribution is -2.49. The fraction of sp³-hybridized carbons (Fsp3) is 0.238. The van der Waals surface area contributed by atoms with Gasteiger partial charge in [-0.25, -0.2) is 0 Å². The van der Waals surface area contributed by atoms with E-state index in [0.717, 1.165) is 22.0 Å². The molecule has 4 rings (SSSR count). The van der Waals surface area contributed by atoms with Crippen LogP contribution in [0.2, 0.25) is 0 Å². The number of aryl methyl sites for hydroxylation is 1. The summed E-state index contributed by atoms with van der Waals surface area (Å²) >= 11 is 0. The van der Waals surface area contributed by atoms with Crippen molar-refractivity contribution < 1.29 is 14.3 Å². The Hall–Kier alpha value is -3.28. The van der Waals surface area contributed by atoms with E-state index >= 15 is 0 Å². The van der Waals surface area contributed by atoms with Gasteiger partial charge in [0.1, 0.15) is 11.8 Å². The lowest BCUT2D eigenvalue weighted by atomic mass is 9.99. The zero-order chi connectivity index (χ0) is 19.0. The van der Waals surface area contributed by atoms with Crippen molar-refractivity contribution in [3.05, 3.63) is 59.8 Å². The first-order valence-corrected chi connectivity index (χ1v) is 8.89. The molecule has 0 radical (unpaired) electrons. The van der Waals surface area contributed by atoms with E-state index in [1.807, 2.05) is 49.4 Å². The molecule has 1 aliphatic heterocycles. The number of methoxy groups -OCH3 is 1. The van der Waals surface area contributed by atoms with E-state index in [9.17, 15) is 9.59 Å². The maximum Gasteiger partial charge on any atom is 0.251 e. The van der Waals surface area contributed by atoms with Crippen molar-refractivity contribution in [3.63, 3.8) is 0 Å². The van der Waals surface area contributed by atoms with Crippen molar-refractivity contribution in [3.8, 4) is 5.75 Å². The number of benzene rings is 2. The fourth-order valence-corrected chi connectivity index (χ4v) is 3.38. The number of aromatic amines is 1. The molecule has 2 N–H and O–H groups in total. The second kappa shape index (κ2) is 6.79. The molecule has 0 spiro atoms. The number of nitrogens with one attached hydrogen (secondary N) is 2. The van der Waals surface area contributed by atoms with Crippen molar-refractivity contribution in [2.75, 3.05) is 19.0 Å². The molecule has 0 bridgehead atoms. The van der Waals surface area contributed by atoms with Gasteiger partial charge in [-0.05, 0) is 37.3 Å². The molecule has 27 heavy (non-hydrogen) atoms. The monoisotopic (exact) mass is 363 g/mol. The van der Waals surface area contributed by atoms with Crippen molar-refractivity contribution in [1.82, 2.24) is 9.88 Å². The molecule has 2 aromatic carbocycles. The van der Waals surface area contributed by atoms with Crippen LogP contribution in [0.1, 0.15) is 23.6 Å². The highest BCUT2D eigenvalue weighted by atomic mass is 16.5. The molecule has 1 aromatic heterocycles. The molecule has 1 aliphatic rings. The van der Waals surface area contributed by atoms with E-state index in [1.165, 1.54) is 0 Å². The molecule has 0 unspecified atom stereocenters. The normalized spacial score (nSPS) is 14.7. The molecule has 2 amide bonds. The van der Waals surface area contributed by atoms with Crippen molar-refractivity contribution >= 4 is 28.4 Å². The van der Waals surface area contributed by atoms with Gasteiger partial charge >= 0.3 is 0 Å². The van der Waals surface area contributed by atoms with E-state index in [1.54, 1.807) is 18.2 Å². The molecule has 6 nitrogen and oxygen atoms in total. The summed E-state index contributed by atoms with van der Waals surface area (Å²) in [7, 11) is 1.61. The lowest BCUT2D eigenvalue weighted by molar-refractivity contribution is -0.147. The molecule has 1 saturated heterocycles. The third kappa shape index (κ3) is 3.14. The largest absolute Gasteiger partial charge is 0.497 e. The maximum absolute atomic E-state index is 13.1. The van der Waals surface area contributed by atoms with Gasteiger partial charge in [0.05, 0.1) is 7.11 Å². The summed E-state index contributed by atoms with van der Waals surface area (Å²) < 4.78 is 5.32. The highest BCUT2D eigenvalue weighted by Gasteiger charge is 2.38. The molecular formula is C21H21N3O3. The zero-order valence-electron chi connectivity index (χ0n) is 15.3. The van der Waals surface area contributed by atoms with Gasteiger partial charge in [0.25, 0.3) is 5.91 Å². The van der Waals surface area contributed by atoms with Gasteiger partial charge in [0.15, 0.2) is 0 Å². The maximum atomic E-state index is 13.1. The Morgan fingerprint density at radius 2 is 2.00 bits per heavy atom. The average molecular weight is 363 g/mol. The molecule has 6 heteroatoms. The van der Waals surface area contributed by atoms with Crippen molar-refractivity contribution in [1.29, 1.82) is 0 Å². The van der Waals surface area contributed by atoms with E-state index in [4.69, 9.17) is 4.74 Å². The van der Waals surface area contributed by atoms with E-state index in [-0.39, 0.29) is 11.8 Å².